The molecule has 0 atom stereocenters. The molecule has 110 valence electrons. The molecule has 1 aliphatic rings. The number of nitrogen functional groups attached to an aromatic ring is 1. The number of halogens is 1. The van der Waals surface area contributed by atoms with Crippen LogP contribution in [0.1, 0.15) is 55.8 Å². The van der Waals surface area contributed by atoms with Crippen LogP contribution in [0, 0.1) is 5.92 Å². The summed E-state index contributed by atoms with van der Waals surface area (Å²) < 4.78 is 0. The van der Waals surface area contributed by atoms with Crippen molar-refractivity contribution in [3.8, 4) is 0 Å². The van der Waals surface area contributed by atoms with E-state index in [0.717, 1.165) is 18.8 Å². The molecule has 1 saturated carbocycles. The third-order valence-electron chi connectivity index (χ3n) is 4.15. The largest absolute Gasteiger partial charge is 0.398 e. The molecule has 1 aromatic carbocycles. The van der Waals surface area contributed by atoms with Crippen LogP contribution in [0.4, 0.5) is 5.69 Å². The zero-order valence-electron chi connectivity index (χ0n) is 12.0. The summed E-state index contributed by atoms with van der Waals surface area (Å²) in [6.45, 7) is 2.23. The monoisotopic (exact) mass is 294 g/mol. The minimum atomic E-state index is -0.146. The molecule has 0 spiro atoms. The number of amides is 1. The lowest BCUT2D eigenvalue weighted by Crippen LogP contribution is -2.38. The van der Waals surface area contributed by atoms with Crippen LogP contribution in [0.25, 0.3) is 0 Å². The van der Waals surface area contributed by atoms with Crippen LogP contribution in [0.15, 0.2) is 18.2 Å². The topological polar surface area (TPSA) is 55.1 Å². The van der Waals surface area contributed by atoms with Crippen molar-refractivity contribution in [1.29, 1.82) is 0 Å². The quantitative estimate of drug-likeness (QED) is 0.824. The Kier molecular flexibility index (Phi) is 5.30. The second kappa shape index (κ2) is 6.98. The van der Waals surface area contributed by atoms with Gasteiger partial charge in [-0.3, -0.25) is 4.79 Å². The van der Waals surface area contributed by atoms with Gasteiger partial charge in [0, 0.05) is 11.7 Å². The van der Waals surface area contributed by atoms with Crippen molar-refractivity contribution >= 4 is 23.2 Å². The molecule has 0 aliphatic heterocycles. The highest BCUT2D eigenvalue weighted by Crippen LogP contribution is 2.28. The molecule has 3 nitrogen and oxygen atoms in total. The van der Waals surface area contributed by atoms with Crippen LogP contribution >= 0.6 is 11.6 Å². The van der Waals surface area contributed by atoms with Gasteiger partial charge in [-0.15, -0.1) is 0 Å². The SMILES string of the molecule is CCCC1CCC(NC(=O)c2c(N)cccc2Cl)CC1. The van der Waals surface area contributed by atoms with Gasteiger partial charge in [-0.25, -0.2) is 0 Å². The zero-order valence-corrected chi connectivity index (χ0v) is 12.7. The van der Waals surface area contributed by atoms with Crippen LogP contribution in [0.3, 0.4) is 0 Å². The Hall–Kier alpha value is -1.22. The van der Waals surface area contributed by atoms with Crippen molar-refractivity contribution in [1.82, 2.24) is 5.32 Å². The average molecular weight is 295 g/mol. The predicted molar refractivity (Wildman–Crippen MR) is 84.0 cm³/mol. The molecule has 1 fully saturated rings. The first-order valence-corrected chi connectivity index (χ1v) is 7.84. The highest BCUT2D eigenvalue weighted by molar-refractivity contribution is 6.34. The van der Waals surface area contributed by atoms with Gasteiger partial charge in [-0.05, 0) is 43.7 Å². The predicted octanol–water partition coefficient (Wildman–Crippen LogP) is 4.01. The number of carbonyl (C=O) groups excluding carboxylic acids is 1. The lowest BCUT2D eigenvalue weighted by molar-refractivity contribution is 0.0922. The summed E-state index contributed by atoms with van der Waals surface area (Å²) in [7, 11) is 0. The van der Waals surface area contributed by atoms with E-state index < -0.39 is 0 Å². The maximum Gasteiger partial charge on any atom is 0.255 e. The van der Waals surface area contributed by atoms with Crippen LogP contribution in [-0.2, 0) is 0 Å². The van der Waals surface area contributed by atoms with E-state index in [9.17, 15) is 4.79 Å². The summed E-state index contributed by atoms with van der Waals surface area (Å²) in [6, 6.07) is 5.42. The molecule has 0 radical (unpaired) electrons. The Bertz CT molecular complexity index is 447. The molecule has 3 N–H and O–H groups in total. The third kappa shape index (κ3) is 3.66. The molecule has 4 heteroatoms. The Labute approximate surface area is 125 Å². The van der Waals surface area contributed by atoms with E-state index in [-0.39, 0.29) is 11.9 Å². The Morgan fingerprint density at radius 1 is 1.35 bits per heavy atom. The van der Waals surface area contributed by atoms with E-state index in [1.807, 2.05) is 0 Å². The normalized spacial score (nSPS) is 22.5. The minimum Gasteiger partial charge on any atom is -0.398 e. The van der Waals surface area contributed by atoms with Gasteiger partial charge >= 0.3 is 0 Å². The maximum absolute atomic E-state index is 12.3. The van der Waals surface area contributed by atoms with Crippen molar-refractivity contribution in [2.45, 2.75) is 51.5 Å². The number of benzene rings is 1. The van der Waals surface area contributed by atoms with E-state index in [1.54, 1.807) is 18.2 Å². The molecule has 0 aromatic heterocycles. The fourth-order valence-corrected chi connectivity index (χ4v) is 3.31. The summed E-state index contributed by atoms with van der Waals surface area (Å²) in [5, 5.41) is 3.49. The van der Waals surface area contributed by atoms with Gasteiger partial charge in [0.25, 0.3) is 5.91 Å². The highest BCUT2D eigenvalue weighted by atomic mass is 35.5. The summed E-state index contributed by atoms with van der Waals surface area (Å²) in [5.41, 5.74) is 6.69. The molecular formula is C16H23ClN2O. The van der Waals surface area contributed by atoms with Crippen molar-refractivity contribution in [3.05, 3.63) is 28.8 Å². The van der Waals surface area contributed by atoms with Crippen LogP contribution < -0.4 is 11.1 Å². The van der Waals surface area contributed by atoms with Gasteiger partial charge in [-0.1, -0.05) is 37.4 Å². The molecule has 0 bridgehead atoms. The second-order valence-corrected chi connectivity index (χ2v) is 6.09. The molecule has 1 amide bonds. The highest BCUT2D eigenvalue weighted by Gasteiger charge is 2.23. The molecule has 20 heavy (non-hydrogen) atoms. The first-order chi connectivity index (χ1) is 9.61. The molecule has 2 rings (SSSR count). The standard InChI is InChI=1S/C16H23ClN2O/c1-2-4-11-7-9-12(10-8-11)19-16(20)15-13(17)5-3-6-14(15)18/h3,5-6,11-12H,2,4,7-10,18H2,1H3,(H,19,20). The Morgan fingerprint density at radius 3 is 2.65 bits per heavy atom. The van der Waals surface area contributed by atoms with E-state index in [4.69, 9.17) is 17.3 Å². The molecule has 1 aliphatic carbocycles. The molecular weight excluding hydrogens is 272 g/mol. The van der Waals surface area contributed by atoms with E-state index in [1.165, 1.54) is 25.7 Å². The van der Waals surface area contributed by atoms with Gasteiger partial charge in [0.1, 0.15) is 0 Å². The molecule has 1 aromatic rings. The van der Waals surface area contributed by atoms with Gasteiger partial charge < -0.3 is 11.1 Å². The Morgan fingerprint density at radius 2 is 2.05 bits per heavy atom. The molecule has 0 heterocycles. The van der Waals surface area contributed by atoms with Gasteiger partial charge in [-0.2, -0.15) is 0 Å². The van der Waals surface area contributed by atoms with Crippen molar-refractivity contribution in [3.63, 3.8) is 0 Å². The van der Waals surface area contributed by atoms with Crippen LogP contribution in [0.5, 0.6) is 0 Å². The number of nitrogens with one attached hydrogen (secondary N) is 1. The lowest BCUT2D eigenvalue weighted by atomic mass is 9.83. The summed E-state index contributed by atoms with van der Waals surface area (Å²) in [5.74, 6) is 0.686. The van der Waals surface area contributed by atoms with Crippen molar-refractivity contribution in [2.24, 2.45) is 5.92 Å². The summed E-state index contributed by atoms with van der Waals surface area (Å²) in [6.07, 6.45) is 7.07. The molecule has 0 saturated heterocycles. The summed E-state index contributed by atoms with van der Waals surface area (Å²) >= 11 is 6.07. The van der Waals surface area contributed by atoms with Gasteiger partial charge in [0.15, 0.2) is 0 Å². The average Bonchev–Trinajstić information content (AvgIpc) is 2.41. The number of nitrogens with two attached hydrogens (primary N) is 1. The van der Waals surface area contributed by atoms with E-state index in [0.29, 0.717) is 16.3 Å². The van der Waals surface area contributed by atoms with Gasteiger partial charge in [0.2, 0.25) is 0 Å². The summed E-state index contributed by atoms with van der Waals surface area (Å²) in [4.78, 5) is 12.3. The fourth-order valence-electron chi connectivity index (χ4n) is 3.04. The lowest BCUT2D eigenvalue weighted by Gasteiger charge is -2.29. The van der Waals surface area contributed by atoms with Crippen LogP contribution in [-0.4, -0.2) is 11.9 Å². The Balaban J connectivity index is 1.93. The maximum atomic E-state index is 12.3. The number of hydrogen-bond acceptors (Lipinski definition) is 2. The minimum absolute atomic E-state index is 0.146. The first-order valence-electron chi connectivity index (χ1n) is 7.46. The van der Waals surface area contributed by atoms with Crippen LogP contribution in [0.2, 0.25) is 5.02 Å². The number of rotatable bonds is 4. The van der Waals surface area contributed by atoms with E-state index in [2.05, 4.69) is 12.2 Å². The molecule has 0 unspecified atom stereocenters. The third-order valence-corrected chi connectivity index (χ3v) is 4.47. The van der Waals surface area contributed by atoms with Crippen molar-refractivity contribution in [2.75, 3.05) is 5.73 Å². The second-order valence-electron chi connectivity index (χ2n) is 5.68. The fraction of sp³-hybridized carbons (Fsp3) is 0.562. The van der Waals surface area contributed by atoms with E-state index >= 15 is 0 Å². The van der Waals surface area contributed by atoms with Gasteiger partial charge in [0.05, 0.1) is 10.6 Å². The number of hydrogen-bond donors (Lipinski definition) is 2. The number of anilines is 1. The number of carbonyl (C=O) groups is 1. The first kappa shape index (κ1) is 15.2. The smallest absolute Gasteiger partial charge is 0.255 e. The van der Waals surface area contributed by atoms with Crippen molar-refractivity contribution < 1.29 is 4.79 Å². The zero-order chi connectivity index (χ0) is 14.5.